The Morgan fingerprint density at radius 3 is 2.58 bits per heavy atom. The minimum absolute atomic E-state index is 0.247. The van der Waals surface area contributed by atoms with Crippen LogP contribution < -0.4 is 0 Å². The van der Waals surface area contributed by atoms with Gasteiger partial charge in [-0.05, 0) is 0 Å². The molecule has 0 fully saturated rings. The number of fused-ring (bicyclic) bond motifs is 1. The number of benzene rings is 1. The van der Waals surface area contributed by atoms with Gasteiger partial charge in [0.2, 0.25) is 0 Å². The van der Waals surface area contributed by atoms with Crippen LogP contribution in [0.4, 0.5) is 0 Å². The van der Waals surface area contributed by atoms with Crippen LogP contribution in [0.3, 0.4) is 0 Å². The first-order chi connectivity index (χ1) is 5.62. The third-order valence-electron chi connectivity index (χ3n) is 2.99. The van der Waals surface area contributed by atoms with Gasteiger partial charge in [-0.1, -0.05) is 0 Å². The molecule has 1 aromatic carbocycles. The topological polar surface area (TPSA) is 0 Å². The van der Waals surface area contributed by atoms with Gasteiger partial charge in [-0.3, -0.25) is 0 Å². The molecule has 0 aromatic heterocycles. The van der Waals surface area contributed by atoms with Crippen molar-refractivity contribution >= 4 is 23.8 Å². The maximum atomic E-state index is 2.29. The van der Waals surface area contributed by atoms with Crippen LogP contribution in [0.5, 0.6) is 0 Å². The Balaban J connectivity index is 2.66. The molecule has 0 heterocycles. The van der Waals surface area contributed by atoms with Crippen molar-refractivity contribution in [2.45, 2.75) is 17.9 Å². The number of rotatable bonds is 0. The maximum absolute atomic E-state index is 2.29. The summed E-state index contributed by atoms with van der Waals surface area (Å²) in [6.07, 6.45) is 2.29. The second kappa shape index (κ2) is 2.52. The van der Waals surface area contributed by atoms with E-state index in [1.807, 2.05) is 0 Å². The summed E-state index contributed by atoms with van der Waals surface area (Å²) in [5.74, 6) is 0. The molecule has 0 saturated heterocycles. The van der Waals surface area contributed by atoms with Crippen LogP contribution in [-0.4, -0.2) is 17.7 Å². The minimum atomic E-state index is 0.247. The van der Waals surface area contributed by atoms with Crippen molar-refractivity contribution in [2.75, 3.05) is 0 Å². The number of allylic oxidation sites excluding steroid dienone is 1. The molecule has 12 heavy (non-hydrogen) atoms. The Hall–Kier alpha value is -0.443. The molecule has 2 rings (SSSR count). The van der Waals surface area contributed by atoms with Crippen molar-refractivity contribution in [3.05, 3.63) is 41.0 Å². The van der Waals surface area contributed by atoms with Crippen molar-refractivity contribution in [1.82, 2.24) is 0 Å². The average molecular weight is 150 g/mol. The molecule has 0 saturated carbocycles. The molecule has 1 heteroatoms. The first kappa shape index (κ1) is 8.17. The van der Waals surface area contributed by atoms with Gasteiger partial charge in [0.05, 0.1) is 0 Å². The summed E-state index contributed by atoms with van der Waals surface area (Å²) in [6.45, 7) is 4.49. The Labute approximate surface area is 82.9 Å². The normalized spacial score (nSPS) is 26.8. The molecule has 1 aromatic rings. The quantitative estimate of drug-likeness (QED) is 0.498. The zero-order chi connectivity index (χ0) is 8.77. The molecule has 0 aliphatic heterocycles. The van der Waals surface area contributed by atoms with E-state index in [1.54, 1.807) is 0 Å². The van der Waals surface area contributed by atoms with Crippen LogP contribution >= 0.6 is 0 Å². The summed E-state index contributed by atoms with van der Waals surface area (Å²) < 4.78 is 0.247. The summed E-state index contributed by atoms with van der Waals surface area (Å²) in [6, 6.07) is 8.63. The predicted molar refractivity (Wildman–Crippen MR) is 53.2 cm³/mol. The second-order valence-electron chi connectivity index (χ2n) is 4.04. The summed E-state index contributed by atoms with van der Waals surface area (Å²) in [4.78, 5) is 0. The zero-order valence-corrected chi connectivity index (χ0v) is 7.89. The van der Waals surface area contributed by atoms with E-state index in [1.165, 1.54) is 16.7 Å². The Kier molecular flexibility index (Phi) is 1.72. The molecule has 0 nitrogen and oxygen atoms in total. The van der Waals surface area contributed by atoms with Gasteiger partial charge in [-0.25, -0.2) is 0 Å². The van der Waals surface area contributed by atoms with Gasteiger partial charge < -0.3 is 0 Å². The molecule has 0 radical (unpaired) electrons. The third kappa shape index (κ3) is 0.992. The molecule has 1 aliphatic rings. The summed E-state index contributed by atoms with van der Waals surface area (Å²) in [7, 11) is 0. The van der Waals surface area contributed by atoms with Gasteiger partial charge in [-0.2, -0.15) is 0 Å². The van der Waals surface area contributed by atoms with Gasteiger partial charge in [-0.15, -0.1) is 0 Å². The van der Waals surface area contributed by atoms with Gasteiger partial charge in [0.15, 0.2) is 0 Å². The molecular formula is C11H11Li. The van der Waals surface area contributed by atoms with Crippen molar-refractivity contribution in [3.63, 3.8) is 0 Å². The first-order valence-electron chi connectivity index (χ1n) is 4.40. The molecular weight excluding hydrogens is 139 g/mol. The van der Waals surface area contributed by atoms with E-state index >= 15 is 0 Å². The standard InChI is InChI=1S/C11H11.Li/c1-8-7-10-5-3-4-6-11(10)9(8)2;/h3-7H,1-2H3;. The van der Waals surface area contributed by atoms with E-state index < -0.39 is 0 Å². The van der Waals surface area contributed by atoms with E-state index in [9.17, 15) is 0 Å². The van der Waals surface area contributed by atoms with Gasteiger partial charge in [0.25, 0.3) is 0 Å². The van der Waals surface area contributed by atoms with E-state index in [4.69, 9.17) is 0 Å². The van der Waals surface area contributed by atoms with Crippen LogP contribution in [0.1, 0.15) is 25.0 Å². The SMILES string of the molecule is [Li][C]1(C)C(C)=Cc2ccccc21. The Morgan fingerprint density at radius 1 is 1.25 bits per heavy atom. The Morgan fingerprint density at radius 2 is 1.92 bits per heavy atom. The zero-order valence-electron chi connectivity index (χ0n) is 7.89. The molecule has 1 unspecified atom stereocenters. The predicted octanol–water partition coefficient (Wildman–Crippen LogP) is 2.49. The van der Waals surface area contributed by atoms with Crippen LogP contribution in [0.25, 0.3) is 6.08 Å². The molecule has 0 amide bonds. The van der Waals surface area contributed by atoms with Gasteiger partial charge in [0, 0.05) is 0 Å². The third-order valence-corrected chi connectivity index (χ3v) is 2.99. The second-order valence-corrected chi connectivity index (χ2v) is 4.04. The molecule has 0 N–H and O–H groups in total. The van der Waals surface area contributed by atoms with Crippen LogP contribution in [0.2, 0.25) is 0 Å². The molecule has 1 atom stereocenters. The van der Waals surface area contributed by atoms with Gasteiger partial charge >= 0.3 is 82.7 Å². The van der Waals surface area contributed by atoms with Gasteiger partial charge in [0.1, 0.15) is 0 Å². The van der Waals surface area contributed by atoms with Crippen molar-refractivity contribution in [1.29, 1.82) is 0 Å². The Bertz CT molecular complexity index is 348. The molecule has 56 valence electrons. The fourth-order valence-corrected chi connectivity index (χ4v) is 1.82. The van der Waals surface area contributed by atoms with E-state index in [0.717, 1.165) is 0 Å². The van der Waals surface area contributed by atoms with E-state index in [2.05, 4.69) is 61.9 Å². The van der Waals surface area contributed by atoms with E-state index in [-0.39, 0.29) is 4.09 Å². The summed E-state index contributed by atoms with van der Waals surface area (Å²) >= 11 is 2.28. The van der Waals surface area contributed by atoms with Crippen molar-refractivity contribution in [3.8, 4) is 0 Å². The van der Waals surface area contributed by atoms with Crippen LogP contribution in [0.15, 0.2) is 29.8 Å². The van der Waals surface area contributed by atoms with Crippen LogP contribution in [0, 0.1) is 0 Å². The fraction of sp³-hybridized carbons (Fsp3) is 0.273. The summed E-state index contributed by atoms with van der Waals surface area (Å²) in [5, 5.41) is 0. The fourth-order valence-electron chi connectivity index (χ4n) is 1.82. The average Bonchev–Trinajstić information content (AvgIpc) is 2.25. The molecule has 1 aliphatic carbocycles. The van der Waals surface area contributed by atoms with Crippen molar-refractivity contribution in [2.24, 2.45) is 0 Å². The first-order valence-corrected chi connectivity index (χ1v) is 4.40. The number of hydrogen-bond acceptors (Lipinski definition) is 0. The van der Waals surface area contributed by atoms with Crippen molar-refractivity contribution < 1.29 is 0 Å². The molecule has 0 spiro atoms. The monoisotopic (exact) mass is 150 g/mol. The number of hydrogen-bond donors (Lipinski definition) is 0. The van der Waals surface area contributed by atoms with E-state index in [0.29, 0.717) is 0 Å². The summed E-state index contributed by atoms with van der Waals surface area (Å²) in [5.41, 5.74) is 4.31. The molecule has 0 bridgehead atoms. The van der Waals surface area contributed by atoms with Crippen LogP contribution in [-0.2, 0) is 4.09 Å².